The number of nitrogens with zero attached hydrogens (tertiary/aromatic N) is 5. The van der Waals surface area contributed by atoms with Gasteiger partial charge in [-0.3, -0.25) is 14.7 Å². The van der Waals surface area contributed by atoms with Crippen LogP contribution in [-0.2, 0) is 19.5 Å². The summed E-state index contributed by atoms with van der Waals surface area (Å²) in [5.41, 5.74) is 1.30. The summed E-state index contributed by atoms with van der Waals surface area (Å²) >= 11 is 0. The van der Waals surface area contributed by atoms with E-state index in [1.54, 1.807) is 0 Å². The highest BCUT2D eigenvalue weighted by atomic mass is 16.2. The van der Waals surface area contributed by atoms with Gasteiger partial charge in [-0.1, -0.05) is 0 Å². The molecule has 0 aliphatic carbocycles. The molecule has 1 saturated heterocycles. The Kier molecular flexibility index (Phi) is 4.25. The molecule has 0 aromatic carbocycles. The molecule has 0 radical (unpaired) electrons. The molecular formula is C18H24N6O. The van der Waals surface area contributed by atoms with Crippen LogP contribution in [0.25, 0.3) is 0 Å². The lowest BCUT2D eigenvalue weighted by Gasteiger charge is -2.25. The molecule has 2 atom stereocenters. The number of carbonyl (C=O) groups is 1. The Bertz CT molecular complexity index is 756. The molecule has 0 saturated carbocycles. The van der Waals surface area contributed by atoms with Crippen molar-refractivity contribution >= 4 is 5.91 Å². The first-order valence-electron chi connectivity index (χ1n) is 8.94. The minimum absolute atomic E-state index is 0.0964. The van der Waals surface area contributed by atoms with Crippen LogP contribution in [-0.4, -0.2) is 49.7 Å². The minimum atomic E-state index is -0.126. The van der Waals surface area contributed by atoms with Crippen LogP contribution in [0.5, 0.6) is 0 Å². The van der Waals surface area contributed by atoms with Gasteiger partial charge in [0.05, 0.1) is 0 Å². The van der Waals surface area contributed by atoms with Crippen LogP contribution in [0, 0.1) is 11.8 Å². The first-order valence-corrected chi connectivity index (χ1v) is 8.94. The van der Waals surface area contributed by atoms with Gasteiger partial charge in [-0.25, -0.2) is 0 Å². The summed E-state index contributed by atoms with van der Waals surface area (Å²) in [6.07, 6.45) is 4.60. The molecule has 0 bridgehead atoms. The summed E-state index contributed by atoms with van der Waals surface area (Å²) < 4.78 is 2.02. The molecule has 2 aliphatic rings. The number of rotatable bonds is 4. The number of pyridine rings is 1. The Morgan fingerprint density at radius 1 is 1.20 bits per heavy atom. The standard InChI is InChI=1S/C18H24N6O/c1-12(2)20-18(25)17-22-21-16-7-14-9-23(10-15(14)11-24(16)17)8-13-3-5-19-6-4-13/h3-6,12,14-15H,7-11H2,1-2H3,(H,20,25)/t14-,15-/m0/s1. The maximum absolute atomic E-state index is 12.3. The lowest BCUT2D eigenvalue weighted by Crippen LogP contribution is -2.35. The molecule has 2 aromatic rings. The van der Waals surface area contributed by atoms with Crippen molar-refractivity contribution in [1.82, 2.24) is 30.0 Å². The van der Waals surface area contributed by atoms with Crippen molar-refractivity contribution in [3.05, 3.63) is 41.7 Å². The van der Waals surface area contributed by atoms with E-state index in [0.717, 1.165) is 38.4 Å². The Morgan fingerprint density at radius 3 is 2.72 bits per heavy atom. The van der Waals surface area contributed by atoms with Gasteiger partial charge in [0.1, 0.15) is 5.82 Å². The van der Waals surface area contributed by atoms with E-state index in [9.17, 15) is 4.79 Å². The summed E-state index contributed by atoms with van der Waals surface area (Å²) in [7, 11) is 0. The number of carbonyl (C=O) groups excluding carboxylic acids is 1. The lowest BCUT2D eigenvalue weighted by molar-refractivity contribution is 0.0924. The number of hydrogen-bond acceptors (Lipinski definition) is 5. The lowest BCUT2D eigenvalue weighted by atomic mass is 9.89. The second-order valence-electron chi connectivity index (χ2n) is 7.45. The zero-order chi connectivity index (χ0) is 17.4. The van der Waals surface area contributed by atoms with Crippen molar-refractivity contribution in [1.29, 1.82) is 0 Å². The smallest absolute Gasteiger partial charge is 0.289 e. The van der Waals surface area contributed by atoms with Gasteiger partial charge < -0.3 is 9.88 Å². The molecule has 25 heavy (non-hydrogen) atoms. The minimum Gasteiger partial charge on any atom is -0.347 e. The van der Waals surface area contributed by atoms with Crippen LogP contribution in [0.3, 0.4) is 0 Å². The maximum Gasteiger partial charge on any atom is 0.289 e. The molecule has 0 spiro atoms. The van der Waals surface area contributed by atoms with Crippen LogP contribution in [0.15, 0.2) is 24.5 Å². The third-order valence-electron chi connectivity index (χ3n) is 5.12. The molecule has 1 fully saturated rings. The topological polar surface area (TPSA) is 75.9 Å². The van der Waals surface area contributed by atoms with Gasteiger partial charge in [-0.15, -0.1) is 10.2 Å². The van der Waals surface area contributed by atoms with E-state index in [0.29, 0.717) is 17.7 Å². The fourth-order valence-corrected chi connectivity index (χ4v) is 3.99. The fraction of sp³-hybridized carbons (Fsp3) is 0.556. The summed E-state index contributed by atoms with van der Waals surface area (Å²) in [5.74, 6) is 2.42. The number of likely N-dealkylation sites (tertiary alicyclic amines) is 1. The zero-order valence-corrected chi connectivity index (χ0v) is 14.7. The van der Waals surface area contributed by atoms with E-state index in [1.165, 1.54) is 5.56 Å². The molecule has 1 N–H and O–H groups in total. The summed E-state index contributed by atoms with van der Waals surface area (Å²) in [5, 5.41) is 11.3. The highest BCUT2D eigenvalue weighted by Gasteiger charge is 2.39. The van der Waals surface area contributed by atoms with Crippen molar-refractivity contribution in [3.63, 3.8) is 0 Å². The quantitative estimate of drug-likeness (QED) is 0.902. The van der Waals surface area contributed by atoms with E-state index >= 15 is 0 Å². The average molecular weight is 340 g/mol. The highest BCUT2D eigenvalue weighted by Crippen LogP contribution is 2.33. The molecule has 2 aromatic heterocycles. The fourth-order valence-electron chi connectivity index (χ4n) is 3.99. The molecule has 7 heteroatoms. The van der Waals surface area contributed by atoms with Crippen molar-refractivity contribution in [2.45, 2.75) is 39.4 Å². The molecule has 0 unspecified atom stereocenters. The SMILES string of the molecule is CC(C)NC(=O)c1nnc2n1C[C@@H]1CN(Cc3ccncc3)C[C@@H]1C2. The van der Waals surface area contributed by atoms with E-state index in [1.807, 2.05) is 30.8 Å². The Morgan fingerprint density at radius 2 is 1.96 bits per heavy atom. The normalized spacial score (nSPS) is 22.7. The monoisotopic (exact) mass is 340 g/mol. The predicted octanol–water partition coefficient (Wildman–Crippen LogP) is 1.12. The van der Waals surface area contributed by atoms with Gasteiger partial charge in [0.25, 0.3) is 5.91 Å². The van der Waals surface area contributed by atoms with Crippen molar-refractivity contribution in [2.75, 3.05) is 13.1 Å². The maximum atomic E-state index is 12.3. The second kappa shape index (κ2) is 6.55. The van der Waals surface area contributed by atoms with Gasteiger partial charge in [0, 0.05) is 51.0 Å². The zero-order valence-electron chi connectivity index (χ0n) is 14.7. The van der Waals surface area contributed by atoms with Crippen molar-refractivity contribution < 1.29 is 4.79 Å². The van der Waals surface area contributed by atoms with Crippen molar-refractivity contribution in [2.24, 2.45) is 11.8 Å². The van der Waals surface area contributed by atoms with Gasteiger partial charge >= 0.3 is 0 Å². The number of nitrogens with one attached hydrogen (secondary N) is 1. The summed E-state index contributed by atoms with van der Waals surface area (Å²) in [6, 6.07) is 4.25. The van der Waals surface area contributed by atoms with Crippen LogP contribution in [0.1, 0.15) is 35.9 Å². The highest BCUT2D eigenvalue weighted by molar-refractivity contribution is 5.90. The van der Waals surface area contributed by atoms with Crippen LogP contribution in [0.2, 0.25) is 0 Å². The Hall–Kier alpha value is -2.28. The number of amides is 1. The number of aromatic nitrogens is 4. The molecule has 1 amide bonds. The Balaban J connectivity index is 1.45. The molecule has 7 nitrogen and oxygen atoms in total. The first kappa shape index (κ1) is 16.2. The van der Waals surface area contributed by atoms with Crippen LogP contribution in [0.4, 0.5) is 0 Å². The molecule has 4 heterocycles. The van der Waals surface area contributed by atoms with Crippen LogP contribution < -0.4 is 5.32 Å². The van der Waals surface area contributed by atoms with Gasteiger partial charge in [0.15, 0.2) is 0 Å². The van der Waals surface area contributed by atoms with Gasteiger partial charge in [-0.05, 0) is 43.4 Å². The molecular weight excluding hydrogens is 316 g/mol. The van der Waals surface area contributed by atoms with E-state index < -0.39 is 0 Å². The Labute approximate surface area is 147 Å². The number of hydrogen-bond donors (Lipinski definition) is 1. The first-order chi connectivity index (χ1) is 12.1. The van der Waals surface area contributed by atoms with E-state index in [2.05, 4.69) is 37.5 Å². The molecule has 2 aliphatic heterocycles. The average Bonchev–Trinajstić information content (AvgIpc) is 3.15. The molecule has 4 rings (SSSR count). The van der Waals surface area contributed by atoms with Crippen molar-refractivity contribution in [3.8, 4) is 0 Å². The van der Waals surface area contributed by atoms with E-state index in [4.69, 9.17) is 0 Å². The second-order valence-corrected chi connectivity index (χ2v) is 7.45. The largest absolute Gasteiger partial charge is 0.347 e. The van der Waals surface area contributed by atoms with Crippen LogP contribution >= 0.6 is 0 Å². The summed E-state index contributed by atoms with van der Waals surface area (Å²) in [6.45, 7) is 7.82. The predicted molar refractivity (Wildman–Crippen MR) is 92.8 cm³/mol. The number of fused-ring (bicyclic) bond motifs is 2. The molecule has 132 valence electrons. The van der Waals surface area contributed by atoms with E-state index in [-0.39, 0.29) is 11.9 Å². The van der Waals surface area contributed by atoms with Gasteiger partial charge in [0.2, 0.25) is 5.82 Å². The third-order valence-corrected chi connectivity index (χ3v) is 5.12. The summed E-state index contributed by atoms with van der Waals surface area (Å²) in [4.78, 5) is 18.9. The third kappa shape index (κ3) is 3.28. The van der Waals surface area contributed by atoms with Gasteiger partial charge in [-0.2, -0.15) is 0 Å².